The van der Waals surface area contributed by atoms with Crippen molar-refractivity contribution < 1.29 is 9.53 Å². The highest BCUT2D eigenvalue weighted by Gasteiger charge is 2.21. The molecule has 0 saturated heterocycles. The Bertz CT molecular complexity index is 614. The summed E-state index contributed by atoms with van der Waals surface area (Å²) in [5, 5.41) is 9.63. The Morgan fingerprint density at radius 1 is 1.32 bits per heavy atom. The van der Waals surface area contributed by atoms with Crippen LogP contribution in [0.1, 0.15) is 64.6 Å². The number of hydrogen-bond donors (Lipinski definition) is 2. The SMILES string of the molecule is CCCN(CCNC(=NC)NCc1nc(C(C)C)cs1)C(=O)OC(C)(C)C.I. The van der Waals surface area contributed by atoms with Gasteiger partial charge in [0.15, 0.2) is 5.96 Å². The van der Waals surface area contributed by atoms with Crippen LogP contribution >= 0.6 is 35.3 Å². The minimum Gasteiger partial charge on any atom is -0.444 e. The van der Waals surface area contributed by atoms with Crippen LogP contribution in [0.2, 0.25) is 0 Å². The van der Waals surface area contributed by atoms with Crippen LogP contribution in [0.15, 0.2) is 10.4 Å². The zero-order chi connectivity index (χ0) is 20.4. The summed E-state index contributed by atoms with van der Waals surface area (Å²) in [5.74, 6) is 1.13. The van der Waals surface area contributed by atoms with E-state index in [1.807, 2.05) is 27.7 Å². The minimum absolute atomic E-state index is 0. The molecule has 7 nitrogen and oxygen atoms in total. The molecule has 2 N–H and O–H groups in total. The Hall–Kier alpha value is -1.10. The summed E-state index contributed by atoms with van der Waals surface area (Å²) in [6.07, 6.45) is 0.604. The Morgan fingerprint density at radius 2 is 2.00 bits per heavy atom. The summed E-state index contributed by atoms with van der Waals surface area (Å²) in [5.41, 5.74) is 0.628. The number of rotatable bonds is 8. The van der Waals surface area contributed by atoms with E-state index in [1.54, 1.807) is 23.3 Å². The maximum absolute atomic E-state index is 12.3. The summed E-state index contributed by atoms with van der Waals surface area (Å²) in [6.45, 7) is 14.4. The van der Waals surface area contributed by atoms with Crippen molar-refractivity contribution in [2.75, 3.05) is 26.7 Å². The molecule has 0 aliphatic rings. The zero-order valence-corrected chi connectivity index (χ0v) is 21.3. The van der Waals surface area contributed by atoms with Crippen molar-refractivity contribution in [1.82, 2.24) is 20.5 Å². The molecule has 162 valence electrons. The number of hydrogen-bond acceptors (Lipinski definition) is 5. The molecule has 0 fully saturated rings. The predicted molar refractivity (Wildman–Crippen MR) is 128 cm³/mol. The Morgan fingerprint density at radius 3 is 2.50 bits per heavy atom. The van der Waals surface area contributed by atoms with E-state index in [2.05, 4.69) is 39.8 Å². The van der Waals surface area contributed by atoms with Gasteiger partial charge in [-0.05, 0) is 33.1 Å². The molecule has 1 heterocycles. The van der Waals surface area contributed by atoms with Crippen LogP contribution in [0.3, 0.4) is 0 Å². The predicted octanol–water partition coefficient (Wildman–Crippen LogP) is 4.20. The fourth-order valence-corrected chi connectivity index (χ4v) is 3.15. The molecule has 28 heavy (non-hydrogen) atoms. The number of carbonyl (C=O) groups excluding carboxylic acids is 1. The Balaban J connectivity index is 0.00000729. The van der Waals surface area contributed by atoms with Crippen LogP contribution in [-0.4, -0.2) is 54.2 Å². The standard InChI is InChI=1S/C19H35N5O2S.HI/c1-8-10-24(18(25)26-19(4,5)6)11-9-21-17(20-7)22-12-16-23-15(13-27-16)14(2)3;/h13-14H,8-12H2,1-7H3,(H2,20,21,22);1H. The first-order valence-electron chi connectivity index (χ1n) is 9.53. The number of guanidine groups is 1. The molecule has 0 unspecified atom stereocenters. The lowest BCUT2D eigenvalue weighted by atomic mass is 10.2. The van der Waals surface area contributed by atoms with Crippen molar-refractivity contribution in [2.24, 2.45) is 4.99 Å². The van der Waals surface area contributed by atoms with Gasteiger partial charge in [-0.25, -0.2) is 9.78 Å². The van der Waals surface area contributed by atoms with E-state index in [9.17, 15) is 4.79 Å². The van der Waals surface area contributed by atoms with Crippen LogP contribution in [-0.2, 0) is 11.3 Å². The molecule has 0 saturated carbocycles. The molecule has 0 bridgehead atoms. The highest BCUT2D eigenvalue weighted by atomic mass is 127. The molecular formula is C19H36IN5O2S. The van der Waals surface area contributed by atoms with Gasteiger partial charge in [0.25, 0.3) is 0 Å². The summed E-state index contributed by atoms with van der Waals surface area (Å²) in [4.78, 5) is 22.8. The lowest BCUT2D eigenvalue weighted by Gasteiger charge is -2.27. The smallest absolute Gasteiger partial charge is 0.410 e. The van der Waals surface area contributed by atoms with E-state index in [-0.39, 0.29) is 30.1 Å². The molecule has 0 atom stereocenters. The highest BCUT2D eigenvalue weighted by molar-refractivity contribution is 14.0. The molecule has 0 radical (unpaired) electrons. The molecular weight excluding hydrogens is 489 g/mol. The fourth-order valence-electron chi connectivity index (χ4n) is 2.25. The maximum atomic E-state index is 12.3. The van der Waals surface area contributed by atoms with E-state index >= 15 is 0 Å². The van der Waals surface area contributed by atoms with Gasteiger partial charge in [0.05, 0.1) is 12.2 Å². The van der Waals surface area contributed by atoms with E-state index < -0.39 is 5.60 Å². The average molecular weight is 526 g/mol. The number of halogens is 1. The second-order valence-corrected chi connectivity index (χ2v) is 8.58. The maximum Gasteiger partial charge on any atom is 0.410 e. The third-order valence-corrected chi connectivity index (χ3v) is 4.48. The lowest BCUT2D eigenvalue weighted by molar-refractivity contribution is 0.0253. The van der Waals surface area contributed by atoms with Gasteiger partial charge < -0.3 is 20.3 Å². The largest absolute Gasteiger partial charge is 0.444 e. The van der Waals surface area contributed by atoms with Crippen LogP contribution in [0.5, 0.6) is 0 Å². The minimum atomic E-state index is -0.489. The molecule has 9 heteroatoms. The van der Waals surface area contributed by atoms with Gasteiger partial charge in [0.1, 0.15) is 10.6 Å². The number of aromatic nitrogens is 1. The second-order valence-electron chi connectivity index (χ2n) is 7.64. The molecule has 1 amide bonds. The van der Waals surface area contributed by atoms with Crippen molar-refractivity contribution in [2.45, 2.75) is 66.0 Å². The van der Waals surface area contributed by atoms with E-state index in [4.69, 9.17) is 4.74 Å². The number of amides is 1. The normalized spacial score (nSPS) is 11.8. The van der Waals surface area contributed by atoms with Crippen LogP contribution in [0, 0.1) is 0 Å². The van der Waals surface area contributed by atoms with E-state index in [1.165, 1.54) is 0 Å². The Labute approximate surface area is 190 Å². The molecule has 1 aromatic rings. The van der Waals surface area contributed by atoms with Crippen molar-refractivity contribution in [3.63, 3.8) is 0 Å². The van der Waals surface area contributed by atoms with Gasteiger partial charge in [0.2, 0.25) is 0 Å². The topological polar surface area (TPSA) is 78.9 Å². The molecule has 1 rings (SSSR count). The summed E-state index contributed by atoms with van der Waals surface area (Å²) in [6, 6.07) is 0. The van der Waals surface area contributed by atoms with Gasteiger partial charge in [-0.3, -0.25) is 4.99 Å². The molecule has 0 spiro atoms. The molecule has 0 aromatic carbocycles. The monoisotopic (exact) mass is 525 g/mol. The molecule has 1 aromatic heterocycles. The van der Waals surface area contributed by atoms with Gasteiger partial charge >= 0.3 is 6.09 Å². The van der Waals surface area contributed by atoms with E-state index in [0.29, 0.717) is 38.1 Å². The number of nitrogens with one attached hydrogen (secondary N) is 2. The molecule has 0 aliphatic heterocycles. The van der Waals surface area contributed by atoms with Gasteiger partial charge in [-0.2, -0.15) is 0 Å². The number of ether oxygens (including phenoxy) is 1. The van der Waals surface area contributed by atoms with Gasteiger partial charge in [-0.15, -0.1) is 35.3 Å². The summed E-state index contributed by atoms with van der Waals surface area (Å²) >= 11 is 1.65. The second kappa shape index (κ2) is 13.2. The first-order chi connectivity index (χ1) is 12.7. The first-order valence-corrected chi connectivity index (χ1v) is 10.4. The van der Waals surface area contributed by atoms with Crippen molar-refractivity contribution in [3.8, 4) is 0 Å². The van der Waals surface area contributed by atoms with Crippen LogP contribution in [0.4, 0.5) is 4.79 Å². The van der Waals surface area contributed by atoms with Gasteiger partial charge in [-0.1, -0.05) is 20.8 Å². The number of aliphatic imine (C=N–C) groups is 1. The van der Waals surface area contributed by atoms with Crippen LogP contribution in [0.25, 0.3) is 0 Å². The average Bonchev–Trinajstić information content (AvgIpc) is 3.04. The summed E-state index contributed by atoms with van der Waals surface area (Å²) < 4.78 is 5.47. The fraction of sp³-hybridized carbons (Fsp3) is 0.737. The van der Waals surface area contributed by atoms with Gasteiger partial charge in [0, 0.05) is 32.1 Å². The third-order valence-electron chi connectivity index (χ3n) is 3.61. The lowest BCUT2D eigenvalue weighted by Crippen LogP contribution is -2.44. The van der Waals surface area contributed by atoms with E-state index in [0.717, 1.165) is 17.1 Å². The summed E-state index contributed by atoms with van der Waals surface area (Å²) in [7, 11) is 1.73. The van der Waals surface area contributed by atoms with Crippen molar-refractivity contribution in [1.29, 1.82) is 0 Å². The van der Waals surface area contributed by atoms with Crippen molar-refractivity contribution >= 4 is 47.4 Å². The Kier molecular flexibility index (Phi) is 12.7. The zero-order valence-electron chi connectivity index (χ0n) is 18.2. The van der Waals surface area contributed by atoms with Crippen LogP contribution < -0.4 is 10.6 Å². The number of nitrogens with zero attached hydrogens (tertiary/aromatic N) is 3. The number of thiazole rings is 1. The first kappa shape index (κ1) is 26.9. The number of carbonyl (C=O) groups is 1. The third kappa shape index (κ3) is 10.4. The van der Waals surface area contributed by atoms with Crippen molar-refractivity contribution in [3.05, 3.63) is 16.1 Å². The quantitative estimate of drug-likeness (QED) is 0.302. The highest BCUT2D eigenvalue weighted by Crippen LogP contribution is 2.17. The molecule has 0 aliphatic carbocycles.